The fourth-order valence-electron chi connectivity index (χ4n) is 5.31. The van der Waals surface area contributed by atoms with Crippen molar-refractivity contribution >= 4 is 17.7 Å². The molecular weight excluding hydrogens is 490 g/mol. The van der Waals surface area contributed by atoms with Crippen LogP contribution in [0.1, 0.15) is 81.1 Å². The second kappa shape index (κ2) is 17.7. The topological polar surface area (TPSA) is 90.2 Å². The number of nitrogens with zero attached hydrogens (tertiary/aromatic N) is 4. The molecule has 0 fully saturated rings. The zero-order valence-electron chi connectivity index (χ0n) is 27.4. The van der Waals surface area contributed by atoms with Gasteiger partial charge in [0.25, 0.3) is 0 Å². The lowest BCUT2D eigenvalue weighted by Crippen LogP contribution is -2.59. The third-order valence-corrected chi connectivity index (χ3v) is 7.68. The van der Waals surface area contributed by atoms with Crippen LogP contribution in [-0.4, -0.2) is 103 Å². The zero-order chi connectivity index (χ0) is 30.6. The summed E-state index contributed by atoms with van der Waals surface area (Å²) in [7, 11) is 9.56. The van der Waals surface area contributed by atoms with Crippen molar-refractivity contribution in [3.63, 3.8) is 0 Å². The molecule has 0 aromatic carbocycles. The second-order valence-electron chi connectivity index (χ2n) is 13.0. The van der Waals surface area contributed by atoms with Gasteiger partial charge in [-0.05, 0) is 77.4 Å². The lowest BCUT2D eigenvalue weighted by atomic mass is 9.94. The van der Waals surface area contributed by atoms with Crippen molar-refractivity contribution in [3.8, 4) is 0 Å². The third-order valence-electron chi connectivity index (χ3n) is 7.68. The summed E-state index contributed by atoms with van der Waals surface area (Å²) in [5, 5.41) is 0. The van der Waals surface area contributed by atoms with E-state index in [4.69, 9.17) is 5.73 Å². The predicted molar refractivity (Wildman–Crippen MR) is 163 cm³/mol. The van der Waals surface area contributed by atoms with Crippen LogP contribution in [0.5, 0.6) is 0 Å². The molecule has 0 saturated carbocycles. The Hall–Kier alpha value is -1.93. The number of carbonyl (C=O) groups is 3. The molecule has 0 saturated heterocycles. The highest BCUT2D eigenvalue weighted by Crippen LogP contribution is 2.22. The normalized spacial score (nSPS) is 16.3. The number of rotatable bonds is 18. The molecule has 8 nitrogen and oxygen atoms in total. The first-order valence-electron chi connectivity index (χ1n) is 14.8. The van der Waals surface area contributed by atoms with Gasteiger partial charge >= 0.3 is 0 Å². The molecule has 0 aliphatic rings. The summed E-state index contributed by atoms with van der Waals surface area (Å²) in [5.74, 6) is 0.0721. The third kappa shape index (κ3) is 12.4. The monoisotopic (exact) mass is 551 g/mol. The van der Waals surface area contributed by atoms with Crippen molar-refractivity contribution in [1.29, 1.82) is 0 Å². The second-order valence-corrected chi connectivity index (χ2v) is 13.0. The van der Waals surface area contributed by atoms with Crippen molar-refractivity contribution in [3.05, 3.63) is 12.2 Å². The summed E-state index contributed by atoms with van der Waals surface area (Å²) in [6.07, 6.45) is 7.06. The number of nitrogens with two attached hydrogens (primary N) is 1. The fraction of sp³-hybridized carbons (Fsp3) is 0.839. The minimum absolute atomic E-state index is 0.0641. The molecule has 0 rings (SSSR count). The number of carbonyl (C=O) groups excluding carboxylic acids is 3. The molecule has 0 aromatic heterocycles. The van der Waals surface area contributed by atoms with Crippen molar-refractivity contribution in [1.82, 2.24) is 19.6 Å². The summed E-state index contributed by atoms with van der Waals surface area (Å²) in [6, 6.07) is -1.46. The van der Waals surface area contributed by atoms with Crippen LogP contribution in [0.15, 0.2) is 12.2 Å². The summed E-state index contributed by atoms with van der Waals surface area (Å²) < 4.78 is 0. The van der Waals surface area contributed by atoms with Gasteiger partial charge in [-0.3, -0.25) is 19.3 Å². The Balaban J connectivity index is 6.05. The number of hydrogen-bond acceptors (Lipinski definition) is 5. The van der Waals surface area contributed by atoms with Gasteiger partial charge in [0.05, 0.1) is 6.04 Å². The standard InChI is InChI=1S/C31H61N5O3/c1-14-15-16-24(8)19-26(29(32)37)35(12)31(39)28(23(6)7)36(13)30(38)27(18-22(4)5)34(11)20-25(33(9)10)17-21(2)3/h14-15,21-28H,16-20H2,1-13H3,(H2,32,37)/b15-14+/t24-,25+,26?,27+,28+/m1/s1. The quantitative estimate of drug-likeness (QED) is 0.259. The van der Waals surface area contributed by atoms with E-state index in [0.717, 1.165) is 19.4 Å². The predicted octanol–water partition coefficient (Wildman–Crippen LogP) is 4.10. The molecule has 0 aliphatic carbocycles. The van der Waals surface area contributed by atoms with Crippen molar-refractivity contribution in [2.24, 2.45) is 29.4 Å². The molecule has 8 heteroatoms. The highest BCUT2D eigenvalue weighted by molar-refractivity contribution is 5.92. The van der Waals surface area contributed by atoms with Crippen LogP contribution in [0.2, 0.25) is 0 Å². The van der Waals surface area contributed by atoms with Crippen molar-refractivity contribution in [2.75, 3.05) is 41.8 Å². The molecule has 0 spiro atoms. The van der Waals surface area contributed by atoms with Crippen molar-refractivity contribution < 1.29 is 14.4 Å². The smallest absolute Gasteiger partial charge is 0.246 e. The molecule has 2 N–H and O–H groups in total. The summed E-state index contributed by atoms with van der Waals surface area (Å²) >= 11 is 0. The molecule has 228 valence electrons. The van der Waals surface area contributed by atoms with Crippen LogP contribution in [0, 0.1) is 23.7 Å². The molecule has 5 atom stereocenters. The van der Waals surface area contributed by atoms with E-state index in [1.165, 1.54) is 4.90 Å². The number of allylic oxidation sites excluding steroid dienone is 2. The van der Waals surface area contributed by atoms with Gasteiger partial charge in [0.2, 0.25) is 17.7 Å². The Morgan fingerprint density at radius 1 is 0.744 bits per heavy atom. The van der Waals surface area contributed by atoms with E-state index in [0.29, 0.717) is 30.7 Å². The number of primary amides is 1. The first-order chi connectivity index (χ1) is 18.0. The average molecular weight is 552 g/mol. The molecule has 0 aromatic rings. The van der Waals surface area contributed by atoms with Crippen LogP contribution >= 0.6 is 0 Å². The van der Waals surface area contributed by atoms with Gasteiger partial charge in [-0.1, -0.05) is 60.6 Å². The van der Waals surface area contributed by atoms with Crippen LogP contribution in [0.25, 0.3) is 0 Å². The Labute approximate surface area is 240 Å². The van der Waals surface area contributed by atoms with Gasteiger partial charge in [0, 0.05) is 26.7 Å². The van der Waals surface area contributed by atoms with E-state index in [9.17, 15) is 14.4 Å². The van der Waals surface area contributed by atoms with Gasteiger partial charge in [-0.25, -0.2) is 0 Å². The van der Waals surface area contributed by atoms with E-state index in [-0.39, 0.29) is 29.7 Å². The van der Waals surface area contributed by atoms with Crippen molar-refractivity contribution in [2.45, 2.75) is 105 Å². The Kier molecular flexibility index (Phi) is 16.8. The van der Waals surface area contributed by atoms with Crippen LogP contribution in [0.4, 0.5) is 0 Å². The lowest BCUT2D eigenvalue weighted by Gasteiger charge is -2.40. The average Bonchev–Trinajstić information content (AvgIpc) is 2.82. The largest absolute Gasteiger partial charge is 0.368 e. The van der Waals surface area contributed by atoms with Gasteiger partial charge < -0.3 is 20.4 Å². The van der Waals surface area contributed by atoms with Crippen LogP contribution in [0.3, 0.4) is 0 Å². The number of amides is 3. The first-order valence-corrected chi connectivity index (χ1v) is 14.8. The molecule has 1 unspecified atom stereocenters. The van der Waals surface area contributed by atoms with E-state index in [2.05, 4.69) is 64.6 Å². The maximum absolute atomic E-state index is 14.1. The molecular formula is C31H61N5O3. The van der Waals surface area contributed by atoms with Crippen LogP contribution < -0.4 is 5.73 Å². The number of hydrogen-bond donors (Lipinski definition) is 1. The fourth-order valence-corrected chi connectivity index (χ4v) is 5.31. The number of likely N-dealkylation sites (N-methyl/N-ethyl adjacent to an activating group) is 4. The molecule has 0 aliphatic heterocycles. The molecule has 0 heterocycles. The summed E-state index contributed by atoms with van der Waals surface area (Å²) in [4.78, 5) is 47.8. The summed E-state index contributed by atoms with van der Waals surface area (Å²) in [5.41, 5.74) is 5.77. The maximum atomic E-state index is 14.1. The first kappa shape index (κ1) is 37.1. The van der Waals surface area contributed by atoms with Gasteiger partial charge in [-0.15, -0.1) is 0 Å². The summed E-state index contributed by atoms with van der Waals surface area (Å²) in [6.45, 7) is 17.3. The maximum Gasteiger partial charge on any atom is 0.246 e. The van der Waals surface area contributed by atoms with E-state index >= 15 is 0 Å². The van der Waals surface area contributed by atoms with Gasteiger partial charge in [0.15, 0.2) is 0 Å². The van der Waals surface area contributed by atoms with Gasteiger partial charge in [0.1, 0.15) is 12.1 Å². The minimum Gasteiger partial charge on any atom is -0.368 e. The Morgan fingerprint density at radius 3 is 1.69 bits per heavy atom. The molecule has 0 radical (unpaired) electrons. The van der Waals surface area contributed by atoms with Gasteiger partial charge in [-0.2, -0.15) is 0 Å². The van der Waals surface area contributed by atoms with E-state index in [1.807, 2.05) is 33.9 Å². The minimum atomic E-state index is -0.728. The Bertz CT molecular complexity index is 780. The lowest BCUT2D eigenvalue weighted by molar-refractivity contribution is -0.151. The SMILES string of the molecule is C/C=C/C[C@@H](C)CC(C(N)=O)N(C)C(=O)[C@H](C(C)C)N(C)C(=O)[C@H](CC(C)C)N(C)C[C@H](CC(C)C)N(C)C. The van der Waals surface area contributed by atoms with E-state index < -0.39 is 18.0 Å². The zero-order valence-corrected chi connectivity index (χ0v) is 27.4. The highest BCUT2D eigenvalue weighted by Gasteiger charge is 2.39. The Morgan fingerprint density at radius 2 is 1.28 bits per heavy atom. The molecule has 3 amide bonds. The highest BCUT2D eigenvalue weighted by atomic mass is 16.2. The van der Waals surface area contributed by atoms with Crippen LogP contribution in [-0.2, 0) is 14.4 Å². The molecule has 0 bridgehead atoms. The molecule has 39 heavy (non-hydrogen) atoms. The van der Waals surface area contributed by atoms with E-state index in [1.54, 1.807) is 19.0 Å².